The fraction of sp³-hybridized carbons (Fsp3) is 0.375. The summed E-state index contributed by atoms with van der Waals surface area (Å²) in [6.45, 7) is 5.00. The lowest BCUT2D eigenvalue weighted by Gasteiger charge is -2.24. The van der Waals surface area contributed by atoms with Crippen molar-refractivity contribution >= 4 is 17.5 Å². The Labute approximate surface area is 138 Å². The molecular formula is C16H19N5O3. The van der Waals surface area contributed by atoms with Gasteiger partial charge in [0.1, 0.15) is 6.54 Å². The first-order valence-corrected chi connectivity index (χ1v) is 7.83. The molecular weight excluding hydrogens is 310 g/mol. The second-order valence-electron chi connectivity index (χ2n) is 5.72. The Kier molecular flexibility index (Phi) is 4.20. The smallest absolute Gasteiger partial charge is 0.334 e. The minimum atomic E-state index is -0.437. The summed E-state index contributed by atoms with van der Waals surface area (Å²) in [5.74, 6) is -0.548. The van der Waals surface area contributed by atoms with E-state index in [0.717, 1.165) is 10.2 Å². The highest BCUT2D eigenvalue weighted by molar-refractivity contribution is 5.92. The Morgan fingerprint density at radius 3 is 2.79 bits per heavy atom. The van der Waals surface area contributed by atoms with Gasteiger partial charge in [0.25, 0.3) is 5.91 Å². The number of carbonyl (C=O) groups excluding carboxylic acids is 2. The monoisotopic (exact) mass is 329 g/mol. The lowest BCUT2D eigenvalue weighted by Crippen LogP contribution is -2.42. The highest BCUT2D eigenvalue weighted by Crippen LogP contribution is 2.10. The zero-order valence-electron chi connectivity index (χ0n) is 13.7. The van der Waals surface area contributed by atoms with E-state index >= 15 is 0 Å². The largest absolute Gasteiger partial charge is 0.346 e. The number of hydrogen-bond donors (Lipinski definition) is 1. The Morgan fingerprint density at radius 2 is 2.08 bits per heavy atom. The summed E-state index contributed by atoms with van der Waals surface area (Å²) in [5, 5.41) is 6.77. The molecule has 3 rings (SSSR count). The van der Waals surface area contributed by atoms with Gasteiger partial charge in [0.15, 0.2) is 0 Å². The SMILES string of the molecule is CCN1CCn2c(nn(CC(=O)Nc3cccc(C)c3)c2=O)C1=O. The molecule has 2 amide bonds. The van der Waals surface area contributed by atoms with Crippen LogP contribution in [-0.2, 0) is 17.9 Å². The number of likely N-dealkylation sites (N-methyl/N-ethyl adjacent to an activating group) is 1. The van der Waals surface area contributed by atoms with Crippen molar-refractivity contribution in [2.75, 3.05) is 18.4 Å². The van der Waals surface area contributed by atoms with Crippen LogP contribution in [0.25, 0.3) is 0 Å². The number of benzene rings is 1. The first kappa shape index (κ1) is 16.0. The topological polar surface area (TPSA) is 89.2 Å². The van der Waals surface area contributed by atoms with Gasteiger partial charge in [-0.25, -0.2) is 9.48 Å². The van der Waals surface area contributed by atoms with E-state index in [9.17, 15) is 14.4 Å². The number of aromatic nitrogens is 3. The van der Waals surface area contributed by atoms with Crippen LogP contribution in [0.3, 0.4) is 0 Å². The number of aryl methyl sites for hydroxylation is 1. The van der Waals surface area contributed by atoms with E-state index in [1.165, 1.54) is 4.57 Å². The molecule has 2 heterocycles. The maximum absolute atomic E-state index is 12.3. The van der Waals surface area contributed by atoms with Crippen LogP contribution in [0.15, 0.2) is 29.1 Å². The van der Waals surface area contributed by atoms with Gasteiger partial charge in [0.2, 0.25) is 11.7 Å². The zero-order valence-corrected chi connectivity index (χ0v) is 13.7. The molecule has 1 aromatic carbocycles. The first-order chi connectivity index (χ1) is 11.5. The number of rotatable bonds is 4. The lowest BCUT2D eigenvalue weighted by atomic mass is 10.2. The van der Waals surface area contributed by atoms with E-state index in [0.29, 0.717) is 25.3 Å². The summed E-state index contributed by atoms with van der Waals surface area (Å²) in [7, 11) is 0. The van der Waals surface area contributed by atoms with E-state index < -0.39 is 5.69 Å². The number of hydrogen-bond acceptors (Lipinski definition) is 4. The molecule has 8 heteroatoms. The van der Waals surface area contributed by atoms with Crippen molar-refractivity contribution in [2.24, 2.45) is 0 Å². The average molecular weight is 329 g/mol. The molecule has 1 N–H and O–H groups in total. The third-order valence-electron chi connectivity index (χ3n) is 3.97. The van der Waals surface area contributed by atoms with Gasteiger partial charge >= 0.3 is 5.69 Å². The van der Waals surface area contributed by atoms with Crippen LogP contribution in [0.2, 0.25) is 0 Å². The molecule has 1 aliphatic rings. The van der Waals surface area contributed by atoms with Gasteiger partial charge in [-0.05, 0) is 31.5 Å². The molecule has 24 heavy (non-hydrogen) atoms. The van der Waals surface area contributed by atoms with Crippen molar-refractivity contribution in [3.05, 3.63) is 46.1 Å². The van der Waals surface area contributed by atoms with Crippen LogP contribution < -0.4 is 11.0 Å². The van der Waals surface area contributed by atoms with E-state index in [-0.39, 0.29) is 24.2 Å². The number of anilines is 1. The van der Waals surface area contributed by atoms with E-state index in [1.54, 1.807) is 11.0 Å². The van der Waals surface area contributed by atoms with Gasteiger partial charge in [-0.2, -0.15) is 0 Å². The molecule has 0 unspecified atom stereocenters. The van der Waals surface area contributed by atoms with E-state index in [1.807, 2.05) is 32.0 Å². The number of carbonyl (C=O) groups is 2. The predicted molar refractivity (Wildman–Crippen MR) is 87.9 cm³/mol. The van der Waals surface area contributed by atoms with Crippen molar-refractivity contribution in [3.63, 3.8) is 0 Å². The van der Waals surface area contributed by atoms with Crippen molar-refractivity contribution in [1.29, 1.82) is 0 Å². The minimum Gasteiger partial charge on any atom is -0.334 e. The molecule has 1 aliphatic heterocycles. The summed E-state index contributed by atoms with van der Waals surface area (Å²) in [5.41, 5.74) is 1.24. The highest BCUT2D eigenvalue weighted by atomic mass is 16.2. The molecule has 0 fully saturated rings. The summed E-state index contributed by atoms with van der Waals surface area (Å²) in [6, 6.07) is 7.37. The lowest BCUT2D eigenvalue weighted by molar-refractivity contribution is -0.117. The first-order valence-electron chi connectivity index (χ1n) is 7.83. The number of amides is 2. The molecule has 2 aromatic rings. The normalized spacial score (nSPS) is 13.8. The van der Waals surface area contributed by atoms with Crippen LogP contribution >= 0.6 is 0 Å². The third kappa shape index (κ3) is 2.94. The Hall–Kier alpha value is -2.90. The van der Waals surface area contributed by atoms with Gasteiger partial charge in [-0.1, -0.05) is 12.1 Å². The Morgan fingerprint density at radius 1 is 1.29 bits per heavy atom. The van der Waals surface area contributed by atoms with Crippen molar-refractivity contribution in [3.8, 4) is 0 Å². The molecule has 1 aromatic heterocycles. The molecule has 0 saturated heterocycles. The quantitative estimate of drug-likeness (QED) is 0.883. The predicted octanol–water partition coefficient (Wildman–Crippen LogP) is 0.468. The molecule has 0 spiro atoms. The van der Waals surface area contributed by atoms with Gasteiger partial charge in [-0.3, -0.25) is 14.2 Å². The summed E-state index contributed by atoms with van der Waals surface area (Å²) < 4.78 is 2.37. The molecule has 0 bridgehead atoms. The van der Waals surface area contributed by atoms with Crippen LogP contribution in [0, 0.1) is 6.92 Å². The molecule has 0 atom stereocenters. The van der Waals surface area contributed by atoms with Crippen molar-refractivity contribution in [2.45, 2.75) is 26.9 Å². The van der Waals surface area contributed by atoms with Crippen molar-refractivity contribution in [1.82, 2.24) is 19.2 Å². The molecule has 0 aliphatic carbocycles. The van der Waals surface area contributed by atoms with Gasteiger partial charge < -0.3 is 10.2 Å². The van der Waals surface area contributed by atoms with E-state index in [2.05, 4.69) is 10.4 Å². The Bertz CT molecular complexity index is 852. The summed E-state index contributed by atoms with van der Waals surface area (Å²) in [4.78, 5) is 38.3. The molecule has 0 saturated carbocycles. The summed E-state index contributed by atoms with van der Waals surface area (Å²) in [6.07, 6.45) is 0. The van der Waals surface area contributed by atoms with Crippen LogP contribution in [0.4, 0.5) is 5.69 Å². The maximum atomic E-state index is 12.3. The summed E-state index contributed by atoms with van der Waals surface area (Å²) >= 11 is 0. The molecule has 8 nitrogen and oxygen atoms in total. The molecule has 126 valence electrons. The second kappa shape index (κ2) is 6.31. The van der Waals surface area contributed by atoms with Gasteiger partial charge in [-0.15, -0.1) is 5.10 Å². The number of nitrogens with one attached hydrogen (secondary N) is 1. The number of fused-ring (bicyclic) bond motifs is 1. The van der Waals surface area contributed by atoms with E-state index in [4.69, 9.17) is 0 Å². The maximum Gasteiger partial charge on any atom is 0.346 e. The highest BCUT2D eigenvalue weighted by Gasteiger charge is 2.28. The number of nitrogens with zero attached hydrogens (tertiary/aromatic N) is 4. The van der Waals surface area contributed by atoms with Gasteiger partial charge in [0, 0.05) is 25.3 Å². The van der Waals surface area contributed by atoms with Crippen LogP contribution in [0.1, 0.15) is 23.1 Å². The molecule has 0 radical (unpaired) electrons. The third-order valence-corrected chi connectivity index (χ3v) is 3.97. The Balaban J connectivity index is 1.78. The van der Waals surface area contributed by atoms with Crippen molar-refractivity contribution < 1.29 is 9.59 Å². The fourth-order valence-electron chi connectivity index (χ4n) is 2.73. The average Bonchev–Trinajstić information content (AvgIpc) is 2.85. The van der Waals surface area contributed by atoms with Crippen LogP contribution in [0.5, 0.6) is 0 Å². The minimum absolute atomic E-state index is 0.0939. The fourth-order valence-corrected chi connectivity index (χ4v) is 2.73. The second-order valence-corrected chi connectivity index (χ2v) is 5.72. The zero-order chi connectivity index (χ0) is 17.3. The van der Waals surface area contributed by atoms with Crippen LogP contribution in [-0.4, -0.2) is 44.2 Å². The standard InChI is InChI=1S/C16H19N5O3/c1-3-19-7-8-20-14(15(19)23)18-21(16(20)24)10-13(22)17-12-6-4-5-11(2)9-12/h4-6,9H,3,7-8,10H2,1-2H3,(H,17,22). The van der Waals surface area contributed by atoms with Gasteiger partial charge in [0.05, 0.1) is 0 Å².